The number of rotatable bonds is 2. The highest BCUT2D eigenvalue weighted by molar-refractivity contribution is 7.99. The molecule has 1 aromatic rings. The average molecular weight is 285 g/mol. The molecular formula is C13H17ClN2OS. The van der Waals surface area contributed by atoms with Gasteiger partial charge in [-0.2, -0.15) is 11.8 Å². The molecule has 0 aliphatic carbocycles. The number of carbonyl (C=O) groups is 1. The maximum absolute atomic E-state index is 12.5. The van der Waals surface area contributed by atoms with Gasteiger partial charge in [-0.15, -0.1) is 0 Å². The highest BCUT2D eigenvalue weighted by Crippen LogP contribution is 2.23. The molecule has 0 saturated carbocycles. The van der Waals surface area contributed by atoms with E-state index in [0.29, 0.717) is 10.6 Å². The SMILES string of the molecule is CNc1ccc(Cl)cc1C(=O)N1CCCSCC1. The maximum atomic E-state index is 12.5. The molecule has 1 aliphatic heterocycles. The van der Waals surface area contributed by atoms with Crippen molar-refractivity contribution in [3.8, 4) is 0 Å². The van der Waals surface area contributed by atoms with Crippen LogP contribution in [0.2, 0.25) is 5.02 Å². The van der Waals surface area contributed by atoms with Gasteiger partial charge >= 0.3 is 0 Å². The van der Waals surface area contributed by atoms with E-state index in [-0.39, 0.29) is 5.91 Å². The van der Waals surface area contributed by atoms with Gasteiger partial charge in [0.25, 0.3) is 5.91 Å². The van der Waals surface area contributed by atoms with Gasteiger partial charge in [0.15, 0.2) is 0 Å². The van der Waals surface area contributed by atoms with Crippen LogP contribution in [-0.4, -0.2) is 42.4 Å². The van der Waals surface area contributed by atoms with E-state index in [1.54, 1.807) is 12.1 Å². The molecule has 1 N–H and O–H groups in total. The summed E-state index contributed by atoms with van der Waals surface area (Å²) >= 11 is 7.90. The Labute approximate surface area is 117 Å². The number of amides is 1. The van der Waals surface area contributed by atoms with E-state index in [0.717, 1.165) is 36.7 Å². The fourth-order valence-electron chi connectivity index (χ4n) is 2.03. The number of benzene rings is 1. The molecule has 1 saturated heterocycles. The summed E-state index contributed by atoms with van der Waals surface area (Å²) in [6.45, 7) is 1.65. The fourth-order valence-corrected chi connectivity index (χ4v) is 3.09. The van der Waals surface area contributed by atoms with Crippen LogP contribution in [-0.2, 0) is 0 Å². The van der Waals surface area contributed by atoms with Gasteiger partial charge in [-0.05, 0) is 30.4 Å². The Morgan fingerprint density at radius 2 is 2.22 bits per heavy atom. The van der Waals surface area contributed by atoms with Gasteiger partial charge in [-0.25, -0.2) is 0 Å². The topological polar surface area (TPSA) is 32.3 Å². The predicted octanol–water partition coefficient (Wildman–Crippen LogP) is 2.96. The molecule has 1 fully saturated rings. The number of nitrogens with one attached hydrogen (secondary N) is 1. The molecule has 3 nitrogen and oxygen atoms in total. The van der Waals surface area contributed by atoms with Crippen LogP contribution in [0.1, 0.15) is 16.8 Å². The minimum Gasteiger partial charge on any atom is -0.387 e. The first-order chi connectivity index (χ1) is 8.72. The highest BCUT2D eigenvalue weighted by Gasteiger charge is 2.20. The lowest BCUT2D eigenvalue weighted by molar-refractivity contribution is 0.0769. The lowest BCUT2D eigenvalue weighted by Gasteiger charge is -2.21. The molecule has 0 radical (unpaired) electrons. The minimum absolute atomic E-state index is 0.0735. The van der Waals surface area contributed by atoms with Gasteiger partial charge in [0.2, 0.25) is 0 Å². The predicted molar refractivity (Wildman–Crippen MR) is 78.8 cm³/mol. The van der Waals surface area contributed by atoms with Crippen LogP contribution in [0.25, 0.3) is 0 Å². The molecule has 98 valence electrons. The largest absolute Gasteiger partial charge is 0.387 e. The van der Waals surface area contributed by atoms with Crippen LogP contribution >= 0.6 is 23.4 Å². The Morgan fingerprint density at radius 1 is 1.39 bits per heavy atom. The smallest absolute Gasteiger partial charge is 0.256 e. The van der Waals surface area contributed by atoms with Gasteiger partial charge in [0.1, 0.15) is 0 Å². The lowest BCUT2D eigenvalue weighted by Crippen LogP contribution is -2.33. The average Bonchev–Trinajstić information content (AvgIpc) is 2.66. The van der Waals surface area contributed by atoms with Crippen molar-refractivity contribution in [1.29, 1.82) is 0 Å². The summed E-state index contributed by atoms with van der Waals surface area (Å²) in [5.41, 5.74) is 1.50. The van der Waals surface area contributed by atoms with Crippen LogP contribution in [0.4, 0.5) is 5.69 Å². The second-order valence-electron chi connectivity index (χ2n) is 4.20. The molecule has 0 aromatic heterocycles. The first-order valence-electron chi connectivity index (χ1n) is 6.06. The number of hydrogen-bond donors (Lipinski definition) is 1. The Kier molecular flexibility index (Phi) is 4.78. The van der Waals surface area contributed by atoms with Crippen molar-refractivity contribution < 1.29 is 4.79 Å². The molecule has 5 heteroatoms. The summed E-state index contributed by atoms with van der Waals surface area (Å²) in [4.78, 5) is 14.4. The van der Waals surface area contributed by atoms with Gasteiger partial charge in [0, 0.05) is 36.6 Å². The van der Waals surface area contributed by atoms with E-state index in [9.17, 15) is 4.79 Å². The van der Waals surface area contributed by atoms with E-state index < -0.39 is 0 Å². The normalized spacial score (nSPS) is 16.2. The van der Waals surface area contributed by atoms with Crippen molar-refractivity contribution in [3.05, 3.63) is 28.8 Å². The first kappa shape index (κ1) is 13.6. The van der Waals surface area contributed by atoms with Gasteiger partial charge in [-0.3, -0.25) is 4.79 Å². The molecule has 0 atom stereocenters. The molecule has 1 amide bonds. The molecule has 0 spiro atoms. The van der Waals surface area contributed by atoms with Crippen LogP contribution in [0.15, 0.2) is 18.2 Å². The number of anilines is 1. The Hall–Kier alpha value is -0.870. The summed E-state index contributed by atoms with van der Waals surface area (Å²) in [6.07, 6.45) is 1.06. The van der Waals surface area contributed by atoms with E-state index in [2.05, 4.69) is 5.32 Å². The van der Waals surface area contributed by atoms with Crippen LogP contribution in [0.5, 0.6) is 0 Å². The second-order valence-corrected chi connectivity index (χ2v) is 5.86. The zero-order chi connectivity index (χ0) is 13.0. The third-order valence-electron chi connectivity index (χ3n) is 2.99. The Balaban J connectivity index is 2.23. The summed E-state index contributed by atoms with van der Waals surface area (Å²) in [6, 6.07) is 5.39. The quantitative estimate of drug-likeness (QED) is 0.906. The molecule has 2 rings (SSSR count). The Bertz CT molecular complexity index is 431. The summed E-state index contributed by atoms with van der Waals surface area (Å²) in [5, 5.41) is 3.65. The van der Waals surface area contributed by atoms with Crippen LogP contribution in [0.3, 0.4) is 0 Å². The van der Waals surface area contributed by atoms with Gasteiger partial charge in [0.05, 0.1) is 5.56 Å². The monoisotopic (exact) mass is 284 g/mol. The number of thioether (sulfide) groups is 1. The van der Waals surface area contributed by atoms with Gasteiger partial charge in [-0.1, -0.05) is 11.6 Å². The number of carbonyl (C=O) groups excluding carboxylic acids is 1. The third-order valence-corrected chi connectivity index (χ3v) is 4.27. The van der Waals surface area contributed by atoms with E-state index >= 15 is 0 Å². The molecule has 1 heterocycles. The van der Waals surface area contributed by atoms with E-state index in [1.807, 2.05) is 29.8 Å². The molecule has 1 aliphatic rings. The molecule has 0 unspecified atom stereocenters. The second kappa shape index (κ2) is 6.34. The summed E-state index contributed by atoms with van der Waals surface area (Å²) < 4.78 is 0. The number of halogens is 1. The van der Waals surface area contributed by atoms with Gasteiger partial charge < -0.3 is 10.2 Å². The van der Waals surface area contributed by atoms with Crippen LogP contribution < -0.4 is 5.32 Å². The lowest BCUT2D eigenvalue weighted by atomic mass is 10.1. The minimum atomic E-state index is 0.0735. The highest BCUT2D eigenvalue weighted by atomic mass is 35.5. The van der Waals surface area contributed by atoms with E-state index in [4.69, 9.17) is 11.6 Å². The number of hydrogen-bond acceptors (Lipinski definition) is 3. The van der Waals surface area contributed by atoms with Crippen molar-refractivity contribution in [2.45, 2.75) is 6.42 Å². The molecule has 1 aromatic carbocycles. The van der Waals surface area contributed by atoms with Crippen molar-refractivity contribution in [1.82, 2.24) is 4.90 Å². The molecule has 18 heavy (non-hydrogen) atoms. The van der Waals surface area contributed by atoms with Crippen molar-refractivity contribution in [2.75, 3.05) is 37.0 Å². The third kappa shape index (κ3) is 3.12. The number of nitrogens with zero attached hydrogens (tertiary/aromatic N) is 1. The summed E-state index contributed by atoms with van der Waals surface area (Å²) in [7, 11) is 1.82. The zero-order valence-electron chi connectivity index (χ0n) is 10.4. The van der Waals surface area contributed by atoms with Crippen molar-refractivity contribution in [3.63, 3.8) is 0 Å². The fraction of sp³-hybridized carbons (Fsp3) is 0.462. The first-order valence-corrected chi connectivity index (χ1v) is 7.60. The van der Waals surface area contributed by atoms with E-state index in [1.165, 1.54) is 0 Å². The molecule has 0 bridgehead atoms. The molecular weight excluding hydrogens is 268 g/mol. The van der Waals surface area contributed by atoms with Crippen LogP contribution in [0, 0.1) is 0 Å². The zero-order valence-corrected chi connectivity index (χ0v) is 12.0. The van der Waals surface area contributed by atoms with Crippen molar-refractivity contribution >= 4 is 35.0 Å². The Morgan fingerprint density at radius 3 is 3.00 bits per heavy atom. The van der Waals surface area contributed by atoms with Crippen molar-refractivity contribution in [2.24, 2.45) is 0 Å². The maximum Gasteiger partial charge on any atom is 0.256 e. The standard InChI is InChI=1S/C13H17ClN2OS/c1-15-12-4-3-10(14)9-11(12)13(17)16-5-2-7-18-8-6-16/h3-4,9,15H,2,5-8H2,1H3. The summed E-state index contributed by atoms with van der Waals surface area (Å²) in [5.74, 6) is 2.23.